The lowest BCUT2D eigenvalue weighted by molar-refractivity contribution is -0.137. The van der Waals surface area contributed by atoms with E-state index in [1.807, 2.05) is 0 Å². The maximum atomic E-state index is 12.8. The molecule has 3 aromatic rings. The van der Waals surface area contributed by atoms with E-state index in [1.54, 1.807) is 19.1 Å². The van der Waals surface area contributed by atoms with E-state index in [4.69, 9.17) is 0 Å². The largest absolute Gasteiger partial charge is 0.511 e. The molecule has 0 bridgehead atoms. The predicted molar refractivity (Wildman–Crippen MR) is 123 cm³/mol. The number of ketones is 1. The first kappa shape index (κ1) is 27.4. The molecule has 4 heterocycles. The van der Waals surface area contributed by atoms with Crippen LogP contribution in [0.15, 0.2) is 48.9 Å². The highest BCUT2D eigenvalue weighted by Crippen LogP contribution is 2.31. The first-order valence-corrected chi connectivity index (χ1v) is 12.4. The van der Waals surface area contributed by atoms with Gasteiger partial charge in [-0.15, -0.1) is 0 Å². The number of hydrogen-bond donors (Lipinski definition) is 0. The molecule has 0 aliphatic carbocycles. The maximum Gasteiger partial charge on any atom is 0.511 e. The molecular formula is C23H19F6N5O3S. The van der Waals surface area contributed by atoms with Gasteiger partial charge in [0.05, 0.1) is 28.7 Å². The Labute approximate surface area is 212 Å². The lowest BCUT2D eigenvalue weighted by Gasteiger charge is -2.26. The van der Waals surface area contributed by atoms with Crippen molar-refractivity contribution in [3.63, 3.8) is 0 Å². The zero-order valence-corrected chi connectivity index (χ0v) is 20.4. The van der Waals surface area contributed by atoms with Crippen LogP contribution in [0.5, 0.6) is 0 Å². The molecule has 0 amide bonds. The molecule has 0 fully saturated rings. The highest BCUT2D eigenvalue weighted by atomic mass is 32.2. The van der Waals surface area contributed by atoms with Crippen LogP contribution in [0.25, 0.3) is 11.4 Å². The minimum absolute atomic E-state index is 0.0386. The number of hydrogen-bond acceptors (Lipinski definition) is 6. The van der Waals surface area contributed by atoms with Crippen LogP contribution >= 0.6 is 0 Å². The van der Waals surface area contributed by atoms with Gasteiger partial charge in [0.1, 0.15) is 0 Å². The van der Waals surface area contributed by atoms with Crippen molar-refractivity contribution < 1.29 is 39.6 Å². The molecule has 1 aliphatic rings. The fourth-order valence-electron chi connectivity index (χ4n) is 3.84. The van der Waals surface area contributed by atoms with Gasteiger partial charge in [0.15, 0.2) is 11.6 Å². The second kappa shape index (κ2) is 9.94. The van der Waals surface area contributed by atoms with E-state index >= 15 is 0 Å². The van der Waals surface area contributed by atoms with Gasteiger partial charge in [0, 0.05) is 31.9 Å². The van der Waals surface area contributed by atoms with Crippen molar-refractivity contribution in [1.29, 1.82) is 0 Å². The minimum atomic E-state index is -5.40. The normalized spacial score (nSPS) is 15.4. The van der Waals surface area contributed by atoms with Gasteiger partial charge in [-0.25, -0.2) is 18.1 Å². The molecule has 4 rings (SSSR count). The Balaban J connectivity index is 1.43. The smallest absolute Gasteiger partial charge is 0.294 e. The molecule has 0 saturated carbocycles. The third kappa shape index (κ3) is 5.48. The van der Waals surface area contributed by atoms with Crippen molar-refractivity contribution >= 4 is 21.4 Å². The Bertz CT molecular complexity index is 1480. The van der Waals surface area contributed by atoms with Crippen molar-refractivity contribution in [2.75, 3.05) is 13.1 Å². The average Bonchev–Trinajstić information content (AvgIpc) is 3.25. The molecule has 0 radical (unpaired) electrons. The van der Waals surface area contributed by atoms with Gasteiger partial charge in [-0.3, -0.25) is 9.78 Å². The fraction of sp³-hybridized carbons (Fsp3) is 0.304. The standard InChI is InChI=1S/C23H19F6N5O3S/c1-14-18(13-32-34(14)21-5-3-17(12-31-21)22(24,25)26)20(35)10-15-2-4-19(30-11-15)16-6-8-33(9-7-16)38(36,37)23(27,28)29/h2-6,11-13H,7-10H2,1H3. The summed E-state index contributed by atoms with van der Waals surface area (Å²) in [5.41, 5.74) is -4.08. The number of alkyl halides is 6. The molecule has 8 nitrogen and oxygen atoms in total. The third-order valence-electron chi connectivity index (χ3n) is 5.93. The monoisotopic (exact) mass is 559 g/mol. The number of halogens is 6. The van der Waals surface area contributed by atoms with Crippen LogP contribution in [0.3, 0.4) is 0 Å². The first-order chi connectivity index (χ1) is 17.7. The van der Waals surface area contributed by atoms with Gasteiger partial charge in [0.25, 0.3) is 0 Å². The van der Waals surface area contributed by atoms with E-state index < -0.39 is 33.8 Å². The number of pyridine rings is 2. The Morgan fingerprint density at radius 1 is 1.00 bits per heavy atom. The third-order valence-corrected chi connectivity index (χ3v) is 7.52. The molecule has 38 heavy (non-hydrogen) atoms. The molecular weight excluding hydrogens is 540 g/mol. The van der Waals surface area contributed by atoms with E-state index in [-0.39, 0.29) is 36.6 Å². The molecule has 0 atom stereocenters. The second-order valence-corrected chi connectivity index (χ2v) is 10.3. The van der Waals surface area contributed by atoms with Crippen LogP contribution in [0.4, 0.5) is 26.3 Å². The number of Topliss-reactive ketones (excluding diaryl/α,β-unsaturated/α-hetero) is 1. The van der Waals surface area contributed by atoms with Crippen LogP contribution in [0.2, 0.25) is 0 Å². The van der Waals surface area contributed by atoms with Crippen molar-refractivity contribution in [2.45, 2.75) is 31.5 Å². The predicted octanol–water partition coefficient (Wildman–Crippen LogP) is 4.35. The van der Waals surface area contributed by atoms with Gasteiger partial charge in [-0.1, -0.05) is 12.1 Å². The highest BCUT2D eigenvalue weighted by Gasteiger charge is 2.50. The van der Waals surface area contributed by atoms with E-state index in [2.05, 4.69) is 15.1 Å². The van der Waals surface area contributed by atoms with Crippen molar-refractivity contribution in [3.8, 4) is 5.82 Å². The Morgan fingerprint density at radius 3 is 2.26 bits per heavy atom. The van der Waals surface area contributed by atoms with Gasteiger partial charge < -0.3 is 0 Å². The Kier molecular flexibility index (Phi) is 7.18. The van der Waals surface area contributed by atoms with Crippen molar-refractivity contribution in [1.82, 2.24) is 24.1 Å². The van der Waals surface area contributed by atoms with Gasteiger partial charge in [-0.2, -0.15) is 35.7 Å². The van der Waals surface area contributed by atoms with E-state index in [0.29, 0.717) is 33.0 Å². The summed E-state index contributed by atoms with van der Waals surface area (Å²) in [5.74, 6) is -0.206. The van der Waals surface area contributed by atoms with Crippen molar-refractivity contribution in [3.05, 3.63) is 77.0 Å². The Morgan fingerprint density at radius 2 is 1.74 bits per heavy atom. The van der Waals surface area contributed by atoms with E-state index in [0.717, 1.165) is 12.1 Å². The van der Waals surface area contributed by atoms with Gasteiger partial charge >= 0.3 is 21.7 Å². The molecule has 0 N–H and O–H groups in total. The lowest BCUT2D eigenvalue weighted by atomic mass is 10.0. The highest BCUT2D eigenvalue weighted by molar-refractivity contribution is 7.90. The number of rotatable bonds is 6. The number of nitrogens with zero attached hydrogens (tertiary/aromatic N) is 5. The summed E-state index contributed by atoms with van der Waals surface area (Å²) in [6.45, 7) is 0.807. The number of carbonyl (C=O) groups is 1. The summed E-state index contributed by atoms with van der Waals surface area (Å²) in [7, 11) is -5.40. The molecule has 0 saturated heterocycles. The average molecular weight is 559 g/mol. The SMILES string of the molecule is Cc1c(C(=O)Cc2ccc(C3=CCN(S(=O)(=O)C(F)(F)F)CC3)nc2)cnn1-c1ccc(C(F)(F)F)cn1. The molecule has 0 aromatic carbocycles. The summed E-state index contributed by atoms with van der Waals surface area (Å²) in [5, 5.41) is 4.07. The summed E-state index contributed by atoms with van der Waals surface area (Å²) in [6, 6.07) is 5.23. The first-order valence-electron chi connectivity index (χ1n) is 11.0. The van der Waals surface area contributed by atoms with Crippen LogP contribution in [0, 0.1) is 6.92 Å². The van der Waals surface area contributed by atoms with E-state index in [1.165, 1.54) is 23.2 Å². The van der Waals surface area contributed by atoms with Crippen LogP contribution in [0.1, 0.15) is 39.3 Å². The zero-order chi connectivity index (χ0) is 27.9. The quantitative estimate of drug-likeness (QED) is 0.329. The molecule has 0 unspecified atom stereocenters. The molecule has 0 spiro atoms. The number of carbonyl (C=O) groups excluding carboxylic acids is 1. The summed E-state index contributed by atoms with van der Waals surface area (Å²) in [6.07, 6.45) is 0.230. The van der Waals surface area contributed by atoms with Gasteiger partial charge in [0.2, 0.25) is 0 Å². The summed E-state index contributed by atoms with van der Waals surface area (Å²) >= 11 is 0. The molecule has 202 valence electrons. The maximum absolute atomic E-state index is 12.8. The van der Waals surface area contributed by atoms with Crippen LogP contribution in [-0.4, -0.2) is 56.9 Å². The summed E-state index contributed by atoms with van der Waals surface area (Å²) < 4.78 is 101. The fourth-order valence-corrected chi connectivity index (χ4v) is 4.74. The topological polar surface area (TPSA) is 98.0 Å². The number of sulfonamides is 1. The van der Waals surface area contributed by atoms with Gasteiger partial charge in [-0.05, 0) is 42.7 Å². The van der Waals surface area contributed by atoms with Crippen LogP contribution < -0.4 is 0 Å². The Hall–Kier alpha value is -3.59. The molecule has 15 heteroatoms. The van der Waals surface area contributed by atoms with Crippen LogP contribution in [-0.2, 0) is 22.6 Å². The number of aromatic nitrogens is 4. The van der Waals surface area contributed by atoms with E-state index in [9.17, 15) is 39.6 Å². The van der Waals surface area contributed by atoms with Crippen molar-refractivity contribution in [2.24, 2.45) is 0 Å². The zero-order valence-electron chi connectivity index (χ0n) is 19.6. The molecule has 3 aromatic heterocycles. The molecule has 1 aliphatic heterocycles. The second-order valence-electron chi connectivity index (χ2n) is 8.40. The lowest BCUT2D eigenvalue weighted by Crippen LogP contribution is -2.42. The summed E-state index contributed by atoms with van der Waals surface area (Å²) in [4.78, 5) is 20.9. The minimum Gasteiger partial charge on any atom is -0.294 e.